The van der Waals surface area contributed by atoms with Crippen molar-refractivity contribution < 1.29 is 28.6 Å². The van der Waals surface area contributed by atoms with Crippen LogP contribution in [0.1, 0.15) is 19.8 Å². The van der Waals surface area contributed by atoms with Gasteiger partial charge in [0.1, 0.15) is 0 Å². The van der Waals surface area contributed by atoms with Gasteiger partial charge in [-0.3, -0.25) is 14.4 Å². The van der Waals surface area contributed by atoms with Gasteiger partial charge in [0.05, 0.1) is 4.88 Å². The number of amides is 2. The number of anilines is 1. The van der Waals surface area contributed by atoms with E-state index in [0.29, 0.717) is 4.88 Å². The van der Waals surface area contributed by atoms with Crippen molar-refractivity contribution in [2.45, 2.75) is 19.8 Å². The van der Waals surface area contributed by atoms with Crippen molar-refractivity contribution >= 4 is 35.0 Å². The Balaban J connectivity index is 2.15. The molecule has 1 N–H and O–H groups in total. The van der Waals surface area contributed by atoms with Crippen molar-refractivity contribution in [2.24, 2.45) is 0 Å². The van der Waals surface area contributed by atoms with Gasteiger partial charge in [0.2, 0.25) is 23.3 Å². The van der Waals surface area contributed by atoms with E-state index in [2.05, 4.69) is 0 Å². The highest BCUT2D eigenvalue weighted by molar-refractivity contribution is 7.13. The van der Waals surface area contributed by atoms with E-state index >= 15 is 0 Å². The maximum absolute atomic E-state index is 11.9. The lowest BCUT2D eigenvalue weighted by Crippen LogP contribution is -2.28. The molecule has 7 nitrogen and oxygen atoms in total. The van der Waals surface area contributed by atoms with E-state index in [0.717, 1.165) is 11.8 Å². The standard InChI is InChI=1S/C14H11NO6S/c1-7(16)20-13-11(19)12(8-3-2-6-22-8)21-14(13)15-9(17)4-5-10(15)18/h2-3,6,19H,4-5H2,1H3. The van der Waals surface area contributed by atoms with Crippen LogP contribution in [0.25, 0.3) is 10.6 Å². The molecule has 1 saturated heterocycles. The average Bonchev–Trinajstić information content (AvgIpc) is 3.14. The molecule has 0 aliphatic carbocycles. The zero-order chi connectivity index (χ0) is 15.9. The molecule has 0 bridgehead atoms. The van der Waals surface area contributed by atoms with Gasteiger partial charge in [-0.15, -0.1) is 11.3 Å². The summed E-state index contributed by atoms with van der Waals surface area (Å²) in [5.74, 6) is -2.58. The summed E-state index contributed by atoms with van der Waals surface area (Å²) in [5.41, 5.74) is 0. The minimum absolute atomic E-state index is 0.0497. The number of furan rings is 1. The molecule has 2 aromatic rings. The van der Waals surface area contributed by atoms with Crippen molar-refractivity contribution in [1.29, 1.82) is 0 Å². The Morgan fingerprint density at radius 2 is 2.05 bits per heavy atom. The molecule has 8 heteroatoms. The largest absolute Gasteiger partial charge is 0.501 e. The van der Waals surface area contributed by atoms with Crippen LogP contribution in [0, 0.1) is 0 Å². The SMILES string of the molecule is CC(=O)Oc1c(N2C(=O)CCC2=O)oc(-c2cccs2)c1O. The van der Waals surface area contributed by atoms with Crippen molar-refractivity contribution in [2.75, 3.05) is 4.90 Å². The van der Waals surface area contributed by atoms with Crippen LogP contribution in [0.3, 0.4) is 0 Å². The maximum Gasteiger partial charge on any atom is 0.308 e. The van der Waals surface area contributed by atoms with Crippen molar-refractivity contribution in [1.82, 2.24) is 0 Å². The summed E-state index contributed by atoms with van der Waals surface area (Å²) in [6.07, 6.45) is 0.0995. The number of ether oxygens (including phenoxy) is 1. The van der Waals surface area contributed by atoms with E-state index in [9.17, 15) is 19.5 Å². The van der Waals surface area contributed by atoms with Gasteiger partial charge in [-0.2, -0.15) is 0 Å². The second kappa shape index (κ2) is 5.30. The lowest BCUT2D eigenvalue weighted by Gasteiger charge is -2.11. The van der Waals surface area contributed by atoms with E-state index in [1.54, 1.807) is 17.5 Å². The van der Waals surface area contributed by atoms with E-state index in [4.69, 9.17) is 9.15 Å². The molecule has 0 spiro atoms. The quantitative estimate of drug-likeness (QED) is 0.688. The highest BCUT2D eigenvalue weighted by atomic mass is 32.1. The molecule has 0 atom stereocenters. The first-order chi connectivity index (χ1) is 10.5. The van der Waals surface area contributed by atoms with Crippen LogP contribution in [0.2, 0.25) is 0 Å². The molecule has 0 aromatic carbocycles. The number of carbonyl (C=O) groups excluding carboxylic acids is 3. The molecule has 0 radical (unpaired) electrons. The van der Waals surface area contributed by atoms with E-state index in [-0.39, 0.29) is 30.2 Å². The fourth-order valence-electron chi connectivity index (χ4n) is 2.16. The number of nitrogens with zero attached hydrogens (tertiary/aromatic N) is 1. The lowest BCUT2D eigenvalue weighted by molar-refractivity contribution is -0.132. The average molecular weight is 321 g/mol. The van der Waals surface area contributed by atoms with Gasteiger partial charge >= 0.3 is 5.97 Å². The molecule has 2 amide bonds. The smallest absolute Gasteiger partial charge is 0.308 e. The number of rotatable bonds is 3. The molecule has 114 valence electrons. The van der Waals surface area contributed by atoms with Crippen molar-refractivity contribution in [3.63, 3.8) is 0 Å². The molecule has 2 aromatic heterocycles. The number of hydrogen-bond acceptors (Lipinski definition) is 7. The Morgan fingerprint density at radius 3 is 2.59 bits per heavy atom. The van der Waals surface area contributed by atoms with Gasteiger partial charge in [-0.25, -0.2) is 4.90 Å². The Kier molecular flexibility index (Phi) is 3.45. The highest BCUT2D eigenvalue weighted by Gasteiger charge is 2.38. The van der Waals surface area contributed by atoms with Gasteiger partial charge in [-0.1, -0.05) is 6.07 Å². The summed E-state index contributed by atoms with van der Waals surface area (Å²) in [5, 5.41) is 12.0. The summed E-state index contributed by atoms with van der Waals surface area (Å²) in [6, 6.07) is 3.44. The topological polar surface area (TPSA) is 97.0 Å². The van der Waals surface area contributed by atoms with Crippen LogP contribution < -0.4 is 9.64 Å². The van der Waals surface area contributed by atoms with Gasteiger partial charge < -0.3 is 14.3 Å². The van der Waals surface area contributed by atoms with Crippen LogP contribution >= 0.6 is 11.3 Å². The fourth-order valence-corrected chi connectivity index (χ4v) is 2.86. The third kappa shape index (κ3) is 2.27. The summed E-state index contributed by atoms with van der Waals surface area (Å²) in [4.78, 5) is 36.3. The maximum atomic E-state index is 11.9. The Bertz CT molecular complexity index is 745. The van der Waals surface area contributed by atoms with Crippen LogP contribution in [0.15, 0.2) is 21.9 Å². The third-order valence-corrected chi connectivity index (χ3v) is 3.94. The summed E-state index contributed by atoms with van der Waals surface area (Å²) >= 11 is 1.29. The van der Waals surface area contributed by atoms with Crippen LogP contribution in [0.5, 0.6) is 11.5 Å². The molecule has 1 fully saturated rings. The van der Waals surface area contributed by atoms with Gasteiger partial charge in [0.15, 0.2) is 5.76 Å². The number of carbonyl (C=O) groups is 3. The second-order valence-electron chi connectivity index (χ2n) is 4.61. The van der Waals surface area contributed by atoms with E-state index in [1.807, 2.05) is 0 Å². The predicted molar refractivity (Wildman–Crippen MR) is 76.7 cm³/mol. The molecule has 22 heavy (non-hydrogen) atoms. The number of hydrogen-bond donors (Lipinski definition) is 1. The number of imide groups is 1. The van der Waals surface area contributed by atoms with Crippen molar-refractivity contribution in [3.05, 3.63) is 17.5 Å². The van der Waals surface area contributed by atoms with Crippen LogP contribution in [-0.2, 0) is 14.4 Å². The first kappa shape index (κ1) is 14.3. The Morgan fingerprint density at radius 1 is 1.36 bits per heavy atom. The molecule has 3 rings (SSSR count). The highest BCUT2D eigenvalue weighted by Crippen LogP contribution is 2.49. The molecule has 1 aliphatic rings. The molecule has 3 heterocycles. The minimum atomic E-state index is -0.700. The molecule has 0 unspecified atom stereocenters. The fraction of sp³-hybridized carbons (Fsp3) is 0.214. The van der Waals surface area contributed by atoms with E-state index < -0.39 is 23.5 Å². The minimum Gasteiger partial charge on any atom is -0.501 e. The molecular weight excluding hydrogens is 310 g/mol. The monoisotopic (exact) mass is 321 g/mol. The molecule has 0 saturated carbocycles. The first-order valence-electron chi connectivity index (χ1n) is 6.43. The molecular formula is C14H11NO6S. The Labute approximate surface area is 128 Å². The normalized spacial score (nSPS) is 14.7. The summed E-state index contributed by atoms with van der Waals surface area (Å²) in [7, 11) is 0. The summed E-state index contributed by atoms with van der Waals surface area (Å²) in [6.45, 7) is 1.15. The first-order valence-corrected chi connectivity index (χ1v) is 7.31. The van der Waals surface area contributed by atoms with Crippen molar-refractivity contribution in [3.8, 4) is 22.1 Å². The number of aromatic hydroxyl groups is 1. The van der Waals surface area contributed by atoms with Gasteiger partial charge in [0.25, 0.3) is 5.88 Å². The van der Waals surface area contributed by atoms with Gasteiger partial charge in [-0.05, 0) is 11.4 Å². The third-order valence-electron chi connectivity index (χ3n) is 3.07. The second-order valence-corrected chi connectivity index (χ2v) is 5.56. The van der Waals surface area contributed by atoms with Gasteiger partial charge in [0, 0.05) is 19.8 Å². The lowest BCUT2D eigenvalue weighted by atomic mass is 10.3. The molecule has 1 aliphatic heterocycles. The number of esters is 1. The zero-order valence-electron chi connectivity index (χ0n) is 11.5. The Hall–Kier alpha value is -2.61. The predicted octanol–water partition coefficient (Wildman–Crippen LogP) is 2.29. The van der Waals surface area contributed by atoms with Crippen LogP contribution in [0.4, 0.5) is 5.88 Å². The summed E-state index contributed by atoms with van der Waals surface area (Å²) < 4.78 is 10.4. The zero-order valence-corrected chi connectivity index (χ0v) is 12.3. The van der Waals surface area contributed by atoms with E-state index in [1.165, 1.54) is 11.3 Å². The number of thiophene rings is 1. The van der Waals surface area contributed by atoms with Crippen LogP contribution in [-0.4, -0.2) is 22.9 Å².